The molecule has 3 amide bonds. The number of rotatable bonds is 9. The topological polar surface area (TPSA) is 144 Å². The summed E-state index contributed by atoms with van der Waals surface area (Å²) in [6.45, 7) is 11.9. The summed E-state index contributed by atoms with van der Waals surface area (Å²) in [5.74, 6) is -1.41. The molecule has 39 heavy (non-hydrogen) atoms. The van der Waals surface area contributed by atoms with Crippen molar-refractivity contribution in [3.05, 3.63) is 10.4 Å². The molecule has 3 heterocycles. The van der Waals surface area contributed by atoms with Gasteiger partial charge < -0.3 is 34.6 Å². The molecule has 5 atom stereocenters. The number of nitrogens with zero attached hydrogens (tertiary/aromatic N) is 6. The van der Waals surface area contributed by atoms with Crippen molar-refractivity contribution in [3.63, 3.8) is 0 Å². The van der Waals surface area contributed by atoms with Gasteiger partial charge in [-0.2, -0.15) is 0 Å². The summed E-state index contributed by atoms with van der Waals surface area (Å²) in [4.78, 5) is 46.0. The summed E-state index contributed by atoms with van der Waals surface area (Å²) in [6.07, 6.45) is 1.26. The van der Waals surface area contributed by atoms with Crippen molar-refractivity contribution in [3.8, 4) is 0 Å². The van der Waals surface area contributed by atoms with Crippen LogP contribution in [0.1, 0.15) is 47.0 Å². The molecule has 3 fully saturated rings. The van der Waals surface area contributed by atoms with Crippen LogP contribution >= 0.6 is 0 Å². The number of carbonyl (C=O) groups excluding carboxylic acids is 3. The van der Waals surface area contributed by atoms with Crippen LogP contribution in [0, 0.1) is 28.2 Å². The zero-order chi connectivity index (χ0) is 27.8. The Hall–Kier alpha value is -1.67. The van der Waals surface area contributed by atoms with Crippen LogP contribution in [0.2, 0.25) is 0 Å². The van der Waals surface area contributed by atoms with Crippen molar-refractivity contribution in [2.24, 2.45) is 23.0 Å². The van der Waals surface area contributed by atoms with Gasteiger partial charge in [-0.1, -0.05) is 13.8 Å². The van der Waals surface area contributed by atoms with Crippen LogP contribution in [0.4, 0.5) is 0 Å². The summed E-state index contributed by atoms with van der Waals surface area (Å²) >= 11 is 0. The Morgan fingerprint density at radius 2 is 1.41 bits per heavy atom. The first kappa shape index (κ1) is 33.5. The zero-order valence-electron chi connectivity index (χ0n) is 24.1. The first-order valence-corrected chi connectivity index (χ1v) is 13.8. The Morgan fingerprint density at radius 1 is 0.872 bits per heavy atom. The Labute approximate surface area is 253 Å². The van der Waals surface area contributed by atoms with Gasteiger partial charge in [0.15, 0.2) is 0 Å². The average molecular weight is 563 g/mol. The quantitative estimate of drug-likeness (QED) is 0.137. The third-order valence-corrected chi connectivity index (χ3v) is 7.99. The second-order valence-electron chi connectivity index (χ2n) is 10.7. The molecule has 13 nitrogen and oxygen atoms in total. The van der Waals surface area contributed by atoms with E-state index in [0.29, 0.717) is 71.9 Å². The van der Waals surface area contributed by atoms with Gasteiger partial charge in [0.25, 0.3) is 0 Å². The van der Waals surface area contributed by atoms with Gasteiger partial charge in [-0.15, -0.1) is 5.01 Å². The third kappa shape index (κ3) is 8.66. The Kier molecular flexibility index (Phi) is 13.7. The molecule has 0 aromatic rings. The molecule has 0 saturated carbocycles. The molecule has 0 radical (unpaired) electrons. The molecular formula is C25H43N6NaO7. The summed E-state index contributed by atoms with van der Waals surface area (Å²) in [5.41, 5.74) is 0. The van der Waals surface area contributed by atoms with E-state index < -0.39 is 17.9 Å². The third-order valence-electron chi connectivity index (χ3n) is 7.99. The number of morpholine rings is 2. The fourth-order valence-corrected chi connectivity index (χ4v) is 5.68. The molecule has 5 unspecified atom stereocenters. The zero-order valence-corrected chi connectivity index (χ0v) is 26.1. The monoisotopic (exact) mass is 562 g/mol. The number of piperazine rings is 1. The minimum Gasteiger partial charge on any atom is -0.737 e. The predicted molar refractivity (Wildman–Crippen MR) is 137 cm³/mol. The fraction of sp³-hybridized carbons (Fsp3) is 0.880. The normalized spacial score (nSPS) is 25.0. The van der Waals surface area contributed by atoms with E-state index in [1.54, 1.807) is 21.6 Å². The summed E-state index contributed by atoms with van der Waals surface area (Å²) in [7, 11) is 0. The van der Waals surface area contributed by atoms with Crippen molar-refractivity contribution in [2.45, 2.75) is 59.0 Å². The standard InChI is InChI=1S/C25H44N6O7.Na/c1-5-21(24(33)28-8-12-38-13-9-28)15-22(14-18(2)23(32)27-6-10-37-11-7-27)25(34)29-16-20(4)30(17-19(29)3)31(36)26-35;/h18-22,35H,5-17H2,1-4H3;/q;+1/p-1/b31-26-;. The molecule has 3 aliphatic rings. The van der Waals surface area contributed by atoms with Crippen LogP contribution in [-0.2, 0) is 23.9 Å². The maximum absolute atomic E-state index is 14.0. The Balaban J connectivity index is 0.00000533. The van der Waals surface area contributed by atoms with Crippen molar-refractivity contribution in [1.29, 1.82) is 0 Å². The van der Waals surface area contributed by atoms with Gasteiger partial charge in [0.1, 0.15) is 6.04 Å². The second-order valence-corrected chi connectivity index (χ2v) is 10.7. The number of hydrazine groups is 1. The van der Waals surface area contributed by atoms with Crippen molar-refractivity contribution >= 4 is 17.7 Å². The van der Waals surface area contributed by atoms with E-state index in [2.05, 4.69) is 5.28 Å². The molecule has 0 aromatic heterocycles. The number of hydrogen-bond donors (Lipinski definition) is 0. The molecule has 0 aliphatic carbocycles. The van der Waals surface area contributed by atoms with Crippen molar-refractivity contribution in [1.82, 2.24) is 19.7 Å². The predicted octanol–water partition coefficient (Wildman–Crippen LogP) is -1.94. The van der Waals surface area contributed by atoms with Gasteiger partial charge in [0.05, 0.1) is 39.0 Å². The molecule has 0 bridgehead atoms. The van der Waals surface area contributed by atoms with E-state index in [1.165, 1.54) is 5.01 Å². The van der Waals surface area contributed by atoms with E-state index in [0.717, 1.165) is 0 Å². The summed E-state index contributed by atoms with van der Waals surface area (Å²) in [6, 6.07) is -0.755. The van der Waals surface area contributed by atoms with Gasteiger partial charge in [-0.25, -0.2) is 0 Å². The number of ether oxygens (including phenoxy) is 2. The van der Waals surface area contributed by atoms with Crippen molar-refractivity contribution in [2.75, 3.05) is 65.7 Å². The smallest absolute Gasteiger partial charge is 0.737 e. The number of hydrogen-bond acceptors (Lipinski definition) is 8. The van der Waals surface area contributed by atoms with Crippen LogP contribution in [0.5, 0.6) is 0 Å². The molecule has 0 aromatic carbocycles. The van der Waals surface area contributed by atoms with Crippen LogP contribution in [-0.4, -0.2) is 120 Å². The van der Waals surface area contributed by atoms with Crippen LogP contribution in [0.25, 0.3) is 0 Å². The van der Waals surface area contributed by atoms with Gasteiger partial charge in [0, 0.05) is 55.4 Å². The van der Waals surface area contributed by atoms with E-state index in [-0.39, 0.29) is 77.3 Å². The number of amides is 3. The maximum atomic E-state index is 14.0. The molecule has 14 heteroatoms. The number of carbonyl (C=O) groups is 3. The average Bonchev–Trinajstić information content (AvgIpc) is 2.95. The van der Waals surface area contributed by atoms with E-state index in [1.807, 2.05) is 20.8 Å². The van der Waals surface area contributed by atoms with Crippen LogP contribution < -0.4 is 29.6 Å². The van der Waals surface area contributed by atoms with Crippen LogP contribution in [0.15, 0.2) is 5.28 Å². The fourth-order valence-electron chi connectivity index (χ4n) is 5.68. The van der Waals surface area contributed by atoms with Gasteiger partial charge in [0.2, 0.25) is 17.7 Å². The van der Waals surface area contributed by atoms with Gasteiger partial charge in [-0.3, -0.25) is 14.4 Å². The maximum Gasteiger partial charge on any atom is 1.00 e. The molecule has 0 spiro atoms. The van der Waals surface area contributed by atoms with E-state index in [4.69, 9.17) is 9.47 Å². The molecule has 3 rings (SSSR count). The molecule has 3 saturated heterocycles. The molecule has 216 valence electrons. The first-order chi connectivity index (χ1) is 18.2. The Morgan fingerprint density at radius 3 is 1.92 bits per heavy atom. The van der Waals surface area contributed by atoms with E-state index >= 15 is 0 Å². The SMILES string of the molecule is CCC(CC(CC(C)C(=O)N1CCOCC1)C(=O)N1CC(C)N(/[N+]([O-])=N/[O-])CC1C)C(=O)N1CCOCC1.[Na+]. The van der Waals surface area contributed by atoms with Crippen LogP contribution in [0.3, 0.4) is 0 Å². The van der Waals surface area contributed by atoms with Gasteiger partial charge in [-0.05, 0) is 38.4 Å². The largest absolute Gasteiger partial charge is 1.00 e. The first-order valence-electron chi connectivity index (χ1n) is 13.8. The minimum absolute atomic E-state index is 0. The van der Waals surface area contributed by atoms with Crippen molar-refractivity contribution < 1.29 is 58.4 Å². The minimum atomic E-state index is -0.543. The molecular weight excluding hydrogens is 519 g/mol. The summed E-state index contributed by atoms with van der Waals surface area (Å²) in [5, 5.41) is 26.4. The molecule has 3 aliphatic heterocycles. The van der Waals surface area contributed by atoms with Gasteiger partial charge >= 0.3 is 29.6 Å². The molecule has 0 N–H and O–H groups in total. The Bertz CT molecular complexity index is 853. The van der Waals surface area contributed by atoms with E-state index in [9.17, 15) is 24.8 Å². The summed E-state index contributed by atoms with van der Waals surface area (Å²) < 4.78 is 10.8. The second kappa shape index (κ2) is 15.9.